The number of halogens is 2. The summed E-state index contributed by atoms with van der Waals surface area (Å²) in [5, 5.41) is 13.8. The number of nitriles is 1. The van der Waals surface area contributed by atoms with Gasteiger partial charge in [-0.2, -0.15) is 5.26 Å². The molecular weight excluding hydrogens is 436 g/mol. The Labute approximate surface area is 177 Å². The predicted molar refractivity (Wildman–Crippen MR) is 114 cm³/mol. The van der Waals surface area contributed by atoms with Crippen molar-refractivity contribution in [1.82, 2.24) is 5.32 Å². The van der Waals surface area contributed by atoms with Gasteiger partial charge in [0.2, 0.25) is 0 Å². The molecule has 0 bridgehead atoms. The highest BCUT2D eigenvalue weighted by atomic mass is 79.9. The number of nitrogens with zero attached hydrogens (tertiary/aromatic N) is 1. The van der Waals surface area contributed by atoms with Gasteiger partial charge in [-0.1, -0.05) is 57.9 Å². The average Bonchev–Trinajstić information content (AvgIpc) is 2.68. The van der Waals surface area contributed by atoms with E-state index >= 15 is 0 Å². The van der Waals surface area contributed by atoms with Gasteiger partial charge in [-0.15, -0.1) is 0 Å². The third-order valence-corrected chi connectivity index (χ3v) is 6.48. The molecule has 0 fully saturated rings. The molecule has 2 atom stereocenters. The van der Waals surface area contributed by atoms with Crippen LogP contribution in [0.25, 0.3) is 0 Å². The maximum atomic E-state index is 13.3. The second-order valence-corrected chi connectivity index (χ2v) is 8.49. The number of benzene rings is 2. The monoisotopic (exact) mass is 452 g/mol. The average molecular weight is 454 g/mol. The lowest BCUT2D eigenvalue weighted by molar-refractivity contribution is -0.116. The molecule has 4 rings (SSSR count). The third-order valence-electron chi connectivity index (χ3n) is 5.51. The van der Waals surface area contributed by atoms with Crippen LogP contribution in [-0.4, -0.2) is 5.78 Å². The summed E-state index contributed by atoms with van der Waals surface area (Å²) in [4.78, 5) is 13.3. The topological polar surface area (TPSA) is 52.9 Å². The fraction of sp³-hybridized carbons (Fsp3) is 0.217. The molecule has 5 heteroatoms. The first-order chi connectivity index (χ1) is 13.5. The van der Waals surface area contributed by atoms with E-state index in [0.29, 0.717) is 17.0 Å². The summed E-state index contributed by atoms with van der Waals surface area (Å²) >= 11 is 9.61. The van der Waals surface area contributed by atoms with Crippen LogP contribution in [0.1, 0.15) is 42.7 Å². The molecule has 0 saturated carbocycles. The van der Waals surface area contributed by atoms with E-state index in [1.54, 1.807) is 0 Å². The number of Topliss-reactive ketones (excluding diaryl/α,β-unsaturated/α-hetero) is 1. The minimum atomic E-state index is -0.338. The highest BCUT2D eigenvalue weighted by Gasteiger charge is 2.39. The summed E-state index contributed by atoms with van der Waals surface area (Å²) in [5.74, 6) is -0.141. The molecule has 0 radical (unpaired) electrons. The summed E-state index contributed by atoms with van der Waals surface area (Å²) in [7, 11) is 0. The Kier molecular flexibility index (Phi) is 5.14. The second kappa shape index (κ2) is 7.58. The van der Waals surface area contributed by atoms with Gasteiger partial charge in [-0.3, -0.25) is 4.79 Å². The van der Waals surface area contributed by atoms with Gasteiger partial charge >= 0.3 is 0 Å². The second-order valence-electron chi connectivity index (χ2n) is 7.20. The van der Waals surface area contributed by atoms with Crippen LogP contribution in [0.15, 0.2) is 75.5 Å². The van der Waals surface area contributed by atoms with Gasteiger partial charge in [-0.25, -0.2) is 0 Å². The van der Waals surface area contributed by atoms with Gasteiger partial charge in [0.25, 0.3) is 0 Å². The zero-order valence-electron chi connectivity index (χ0n) is 15.3. The van der Waals surface area contributed by atoms with Crippen LogP contribution in [0.2, 0.25) is 5.02 Å². The lowest BCUT2D eigenvalue weighted by Gasteiger charge is -2.36. The minimum absolute atomic E-state index is 0.0923. The van der Waals surface area contributed by atoms with Crippen LogP contribution in [0.5, 0.6) is 0 Å². The molecule has 0 amide bonds. The fourth-order valence-corrected chi connectivity index (χ4v) is 4.82. The Morgan fingerprint density at radius 2 is 1.86 bits per heavy atom. The molecule has 1 N–H and O–H groups in total. The number of dihydropyridines is 1. The predicted octanol–water partition coefficient (Wildman–Crippen LogP) is 5.99. The van der Waals surface area contributed by atoms with Crippen molar-refractivity contribution >= 4 is 33.3 Å². The molecule has 1 aliphatic heterocycles. The van der Waals surface area contributed by atoms with Crippen molar-refractivity contribution in [2.24, 2.45) is 0 Å². The van der Waals surface area contributed by atoms with E-state index in [2.05, 4.69) is 27.3 Å². The Balaban J connectivity index is 1.80. The Morgan fingerprint density at radius 3 is 2.54 bits per heavy atom. The van der Waals surface area contributed by atoms with Crippen LogP contribution < -0.4 is 5.32 Å². The van der Waals surface area contributed by atoms with Crippen molar-refractivity contribution in [3.05, 3.63) is 91.7 Å². The van der Waals surface area contributed by atoms with E-state index in [-0.39, 0.29) is 17.6 Å². The van der Waals surface area contributed by atoms with Crippen LogP contribution >= 0.6 is 27.5 Å². The van der Waals surface area contributed by atoms with Crippen LogP contribution in [0, 0.1) is 11.3 Å². The van der Waals surface area contributed by atoms with Gasteiger partial charge in [0.05, 0.1) is 17.6 Å². The lowest BCUT2D eigenvalue weighted by Crippen LogP contribution is -2.33. The molecule has 1 heterocycles. The first kappa shape index (κ1) is 19.0. The van der Waals surface area contributed by atoms with Crippen LogP contribution in [0.4, 0.5) is 0 Å². The largest absolute Gasteiger partial charge is 0.361 e. The molecule has 1 aliphatic carbocycles. The van der Waals surface area contributed by atoms with E-state index in [1.807, 2.05) is 55.5 Å². The molecule has 0 saturated heterocycles. The van der Waals surface area contributed by atoms with Crippen molar-refractivity contribution in [2.75, 3.05) is 0 Å². The Hall–Kier alpha value is -2.35. The van der Waals surface area contributed by atoms with E-state index in [1.165, 1.54) is 0 Å². The number of hydrogen-bond acceptors (Lipinski definition) is 3. The number of carbonyl (C=O) groups is 1. The van der Waals surface area contributed by atoms with Crippen molar-refractivity contribution in [3.63, 3.8) is 0 Å². The van der Waals surface area contributed by atoms with Crippen LogP contribution in [0.3, 0.4) is 0 Å². The number of rotatable bonds is 2. The molecule has 2 aromatic rings. The maximum absolute atomic E-state index is 13.3. The summed E-state index contributed by atoms with van der Waals surface area (Å²) < 4.78 is 0.905. The van der Waals surface area contributed by atoms with Crippen molar-refractivity contribution in [2.45, 2.75) is 31.6 Å². The summed E-state index contributed by atoms with van der Waals surface area (Å²) in [5.41, 5.74) is 5.12. The van der Waals surface area contributed by atoms with Crippen LogP contribution in [-0.2, 0) is 4.79 Å². The highest BCUT2D eigenvalue weighted by molar-refractivity contribution is 9.10. The number of ketones is 1. The zero-order valence-corrected chi connectivity index (χ0v) is 17.6. The molecule has 2 aliphatic rings. The standard InChI is InChI=1S/C23H18BrClN2O/c1-13-18(12-26)22(17-4-2-3-5-19(17)24)23-20(27-13)10-15(11-21(23)28)14-6-8-16(25)9-7-14/h2-9,15,22,27H,10-11H2,1H3. The molecule has 140 valence electrons. The minimum Gasteiger partial charge on any atom is -0.361 e. The van der Waals surface area contributed by atoms with Crippen molar-refractivity contribution < 1.29 is 4.79 Å². The molecule has 0 spiro atoms. The molecule has 2 aromatic carbocycles. The van der Waals surface area contributed by atoms with Crippen molar-refractivity contribution in [3.8, 4) is 6.07 Å². The Bertz CT molecular complexity index is 1060. The van der Waals surface area contributed by atoms with Gasteiger partial charge in [-0.05, 0) is 48.6 Å². The fourth-order valence-electron chi connectivity index (χ4n) is 4.18. The normalized spacial score (nSPS) is 21.9. The number of carbonyl (C=O) groups excluding carboxylic acids is 1. The summed E-state index contributed by atoms with van der Waals surface area (Å²) in [6.07, 6.45) is 1.17. The van der Waals surface area contributed by atoms with E-state index < -0.39 is 0 Å². The van der Waals surface area contributed by atoms with Crippen molar-refractivity contribution in [1.29, 1.82) is 5.26 Å². The highest BCUT2D eigenvalue weighted by Crippen LogP contribution is 2.46. The quantitative estimate of drug-likeness (QED) is 0.608. The van der Waals surface area contributed by atoms with E-state index in [0.717, 1.165) is 39.0 Å². The van der Waals surface area contributed by atoms with Gasteiger partial charge in [0, 0.05) is 32.9 Å². The van der Waals surface area contributed by atoms with Gasteiger partial charge < -0.3 is 5.32 Å². The first-order valence-electron chi connectivity index (χ1n) is 9.13. The Morgan fingerprint density at radius 1 is 1.14 bits per heavy atom. The number of nitrogens with one attached hydrogen (secondary N) is 1. The number of hydrogen-bond donors (Lipinski definition) is 1. The number of allylic oxidation sites excluding steroid dienone is 4. The molecule has 0 aromatic heterocycles. The molecule has 2 unspecified atom stereocenters. The molecule has 3 nitrogen and oxygen atoms in total. The van der Waals surface area contributed by atoms with E-state index in [4.69, 9.17) is 11.6 Å². The molecule has 28 heavy (non-hydrogen) atoms. The zero-order chi connectivity index (χ0) is 19.8. The molecular formula is C23H18BrClN2O. The summed E-state index contributed by atoms with van der Waals surface area (Å²) in [6.45, 7) is 1.91. The lowest BCUT2D eigenvalue weighted by atomic mass is 9.72. The van der Waals surface area contributed by atoms with Gasteiger partial charge in [0.1, 0.15) is 0 Å². The summed E-state index contributed by atoms with van der Waals surface area (Å²) in [6, 6.07) is 17.8. The third kappa shape index (κ3) is 3.30. The smallest absolute Gasteiger partial charge is 0.162 e. The SMILES string of the molecule is CC1=C(C#N)C(c2ccccc2Br)C2=C(CC(c3ccc(Cl)cc3)CC2=O)N1. The maximum Gasteiger partial charge on any atom is 0.162 e. The van der Waals surface area contributed by atoms with Gasteiger partial charge in [0.15, 0.2) is 5.78 Å². The first-order valence-corrected chi connectivity index (χ1v) is 10.3. The van der Waals surface area contributed by atoms with E-state index in [9.17, 15) is 10.1 Å².